The van der Waals surface area contributed by atoms with Gasteiger partial charge in [-0.2, -0.15) is 0 Å². The monoisotopic (exact) mass is 257 g/mol. The zero-order chi connectivity index (χ0) is 13.7. The first-order valence-electron chi connectivity index (χ1n) is 7.03. The molecule has 0 aliphatic heterocycles. The van der Waals surface area contributed by atoms with Crippen LogP contribution in [0.25, 0.3) is 0 Å². The highest BCUT2D eigenvalue weighted by Gasteiger charge is 2.15. The second-order valence-electron chi connectivity index (χ2n) is 4.88. The summed E-state index contributed by atoms with van der Waals surface area (Å²) in [6, 6.07) is 9.17. The van der Waals surface area contributed by atoms with Gasteiger partial charge in [0.05, 0.1) is 6.04 Å². The summed E-state index contributed by atoms with van der Waals surface area (Å²) < 4.78 is 2.09. The molecule has 19 heavy (non-hydrogen) atoms. The van der Waals surface area contributed by atoms with E-state index in [2.05, 4.69) is 53.0 Å². The molecule has 0 saturated heterocycles. The molecule has 0 amide bonds. The molecule has 3 nitrogen and oxygen atoms in total. The molecule has 1 heterocycles. The van der Waals surface area contributed by atoms with Crippen LogP contribution in [0.3, 0.4) is 0 Å². The Labute approximate surface area is 115 Å². The Morgan fingerprint density at radius 2 is 1.84 bits per heavy atom. The van der Waals surface area contributed by atoms with Crippen LogP contribution in [-0.4, -0.2) is 16.1 Å². The molecule has 0 bridgehead atoms. The molecule has 0 saturated carbocycles. The Bertz CT molecular complexity index is 499. The predicted molar refractivity (Wildman–Crippen MR) is 79.1 cm³/mol. The maximum absolute atomic E-state index is 4.47. The minimum Gasteiger partial charge on any atom is -0.337 e. The van der Waals surface area contributed by atoms with E-state index in [0.717, 1.165) is 25.2 Å². The van der Waals surface area contributed by atoms with Crippen LogP contribution in [0.1, 0.15) is 36.8 Å². The molecule has 0 spiro atoms. The second-order valence-corrected chi connectivity index (χ2v) is 4.88. The summed E-state index contributed by atoms with van der Waals surface area (Å²) in [5.74, 6) is 1.10. The van der Waals surface area contributed by atoms with Gasteiger partial charge >= 0.3 is 0 Å². The maximum atomic E-state index is 4.47. The van der Waals surface area contributed by atoms with Crippen LogP contribution in [0, 0.1) is 0 Å². The average Bonchev–Trinajstić information content (AvgIpc) is 2.85. The van der Waals surface area contributed by atoms with Crippen molar-refractivity contribution < 1.29 is 0 Å². The Morgan fingerprint density at radius 3 is 2.37 bits per heavy atom. The summed E-state index contributed by atoms with van der Waals surface area (Å²) in [4.78, 5) is 4.47. The second kappa shape index (κ2) is 6.53. The summed E-state index contributed by atoms with van der Waals surface area (Å²) in [6.45, 7) is 5.27. The lowest BCUT2D eigenvalue weighted by atomic mass is 10.0. The predicted octanol–water partition coefficient (Wildman–Crippen LogP) is 2.88. The summed E-state index contributed by atoms with van der Waals surface area (Å²) in [7, 11) is 2.05. The van der Waals surface area contributed by atoms with Crippen molar-refractivity contribution in [2.75, 3.05) is 6.54 Å². The van der Waals surface area contributed by atoms with Gasteiger partial charge in [0.1, 0.15) is 5.82 Å². The highest BCUT2D eigenvalue weighted by Crippen LogP contribution is 2.17. The van der Waals surface area contributed by atoms with Crippen molar-refractivity contribution in [2.45, 2.75) is 32.7 Å². The van der Waals surface area contributed by atoms with Gasteiger partial charge in [-0.1, -0.05) is 38.1 Å². The molecule has 1 N–H and O–H groups in total. The van der Waals surface area contributed by atoms with E-state index >= 15 is 0 Å². The van der Waals surface area contributed by atoms with Gasteiger partial charge in [-0.05, 0) is 30.5 Å². The van der Waals surface area contributed by atoms with E-state index in [0.29, 0.717) is 0 Å². The number of nitrogens with zero attached hydrogens (tertiary/aromatic N) is 2. The fourth-order valence-corrected chi connectivity index (χ4v) is 2.36. The van der Waals surface area contributed by atoms with E-state index in [1.807, 2.05) is 19.4 Å². The number of rotatable bonds is 6. The molecule has 1 atom stereocenters. The summed E-state index contributed by atoms with van der Waals surface area (Å²) >= 11 is 0. The molecule has 1 unspecified atom stereocenters. The van der Waals surface area contributed by atoms with E-state index in [9.17, 15) is 0 Å². The minimum atomic E-state index is 0.275. The molecule has 2 aromatic rings. The number of nitrogens with one attached hydrogen (secondary N) is 1. The van der Waals surface area contributed by atoms with Gasteiger partial charge in [0, 0.05) is 19.4 Å². The van der Waals surface area contributed by atoms with Gasteiger partial charge in [-0.25, -0.2) is 4.98 Å². The average molecular weight is 257 g/mol. The standard InChI is InChI=1S/C16H23N3/c1-4-13-6-8-14(9-7-13)12-15(17-5-2)16-18-10-11-19(16)3/h6-11,15,17H,4-5,12H2,1-3H3. The third-order valence-corrected chi connectivity index (χ3v) is 3.49. The molecule has 102 valence electrons. The van der Waals surface area contributed by atoms with Crippen LogP contribution >= 0.6 is 0 Å². The summed E-state index contributed by atoms with van der Waals surface area (Å²) in [5.41, 5.74) is 2.74. The van der Waals surface area contributed by atoms with Crippen LogP contribution in [0.4, 0.5) is 0 Å². The van der Waals surface area contributed by atoms with E-state index in [1.165, 1.54) is 11.1 Å². The van der Waals surface area contributed by atoms with Crippen LogP contribution in [0.15, 0.2) is 36.7 Å². The number of imidazole rings is 1. The molecule has 0 radical (unpaired) electrons. The maximum Gasteiger partial charge on any atom is 0.125 e. The van der Waals surface area contributed by atoms with Crippen molar-refractivity contribution in [3.63, 3.8) is 0 Å². The van der Waals surface area contributed by atoms with E-state index < -0.39 is 0 Å². The topological polar surface area (TPSA) is 29.9 Å². The molecule has 0 aliphatic carbocycles. The molecular formula is C16H23N3. The lowest BCUT2D eigenvalue weighted by Crippen LogP contribution is -2.25. The van der Waals surface area contributed by atoms with Gasteiger partial charge in [0.15, 0.2) is 0 Å². The minimum absolute atomic E-state index is 0.275. The number of likely N-dealkylation sites (N-methyl/N-ethyl adjacent to an activating group) is 1. The van der Waals surface area contributed by atoms with Gasteiger partial charge < -0.3 is 9.88 Å². The molecule has 3 heteroatoms. The highest BCUT2D eigenvalue weighted by atomic mass is 15.1. The smallest absolute Gasteiger partial charge is 0.125 e. The van der Waals surface area contributed by atoms with Gasteiger partial charge in [0.25, 0.3) is 0 Å². The van der Waals surface area contributed by atoms with Crippen molar-refractivity contribution in [3.05, 3.63) is 53.6 Å². The zero-order valence-corrected chi connectivity index (χ0v) is 12.1. The van der Waals surface area contributed by atoms with Gasteiger partial charge in [-0.3, -0.25) is 0 Å². The van der Waals surface area contributed by atoms with Crippen molar-refractivity contribution in [1.29, 1.82) is 0 Å². The van der Waals surface area contributed by atoms with Gasteiger partial charge in [-0.15, -0.1) is 0 Å². The molecule has 1 aromatic heterocycles. The normalized spacial score (nSPS) is 12.6. The first-order valence-corrected chi connectivity index (χ1v) is 7.03. The van der Waals surface area contributed by atoms with Crippen LogP contribution < -0.4 is 5.32 Å². The van der Waals surface area contributed by atoms with E-state index in [1.54, 1.807) is 0 Å². The Kier molecular flexibility index (Phi) is 4.74. The van der Waals surface area contributed by atoms with Crippen LogP contribution in [-0.2, 0) is 19.9 Å². The van der Waals surface area contributed by atoms with Crippen molar-refractivity contribution in [1.82, 2.24) is 14.9 Å². The van der Waals surface area contributed by atoms with Crippen LogP contribution in [0.2, 0.25) is 0 Å². The zero-order valence-electron chi connectivity index (χ0n) is 12.1. The number of hydrogen-bond donors (Lipinski definition) is 1. The lowest BCUT2D eigenvalue weighted by molar-refractivity contribution is 0.506. The number of aromatic nitrogens is 2. The number of benzene rings is 1. The Balaban J connectivity index is 2.14. The third kappa shape index (κ3) is 3.44. The Hall–Kier alpha value is -1.61. The van der Waals surface area contributed by atoms with Crippen LogP contribution in [0.5, 0.6) is 0 Å². The molecule has 1 aromatic carbocycles. The summed E-state index contributed by atoms with van der Waals surface area (Å²) in [6.07, 6.45) is 5.93. The SMILES string of the molecule is CCNC(Cc1ccc(CC)cc1)c1nccn1C. The fraction of sp³-hybridized carbons (Fsp3) is 0.438. The number of hydrogen-bond acceptors (Lipinski definition) is 2. The molecular weight excluding hydrogens is 234 g/mol. The van der Waals surface area contributed by atoms with E-state index in [-0.39, 0.29) is 6.04 Å². The summed E-state index contributed by atoms with van der Waals surface area (Å²) in [5, 5.41) is 3.52. The first kappa shape index (κ1) is 13.8. The quantitative estimate of drug-likeness (QED) is 0.862. The van der Waals surface area contributed by atoms with E-state index in [4.69, 9.17) is 0 Å². The Morgan fingerprint density at radius 1 is 1.16 bits per heavy atom. The van der Waals surface area contributed by atoms with Crippen molar-refractivity contribution in [2.24, 2.45) is 7.05 Å². The first-order chi connectivity index (χ1) is 9.24. The van der Waals surface area contributed by atoms with Crippen molar-refractivity contribution in [3.8, 4) is 0 Å². The third-order valence-electron chi connectivity index (χ3n) is 3.49. The fourth-order valence-electron chi connectivity index (χ4n) is 2.36. The number of aryl methyl sites for hydroxylation is 2. The van der Waals surface area contributed by atoms with Gasteiger partial charge in [0.2, 0.25) is 0 Å². The molecule has 0 aliphatic rings. The van der Waals surface area contributed by atoms with Crippen molar-refractivity contribution >= 4 is 0 Å². The largest absolute Gasteiger partial charge is 0.337 e. The molecule has 2 rings (SSSR count). The lowest BCUT2D eigenvalue weighted by Gasteiger charge is -2.18. The molecule has 0 fully saturated rings. The highest BCUT2D eigenvalue weighted by molar-refractivity contribution is 5.24.